The van der Waals surface area contributed by atoms with Gasteiger partial charge in [0.2, 0.25) is 0 Å². The Morgan fingerprint density at radius 1 is 1.05 bits per heavy atom. The Kier molecular flexibility index (Phi) is 5.26. The second-order valence-corrected chi connectivity index (χ2v) is 5.62. The predicted octanol–water partition coefficient (Wildman–Crippen LogP) is 5.24. The highest BCUT2D eigenvalue weighted by atomic mass is 79.9. The molecule has 106 valence electrons. The van der Waals surface area contributed by atoms with Crippen LogP contribution in [0.1, 0.15) is 36.1 Å². The minimum Gasteiger partial charge on any atom is -0.306 e. The molecule has 0 unspecified atom stereocenters. The first-order chi connectivity index (χ1) is 9.56. The van der Waals surface area contributed by atoms with Crippen molar-refractivity contribution in [2.24, 2.45) is 0 Å². The van der Waals surface area contributed by atoms with Crippen molar-refractivity contribution in [2.45, 2.75) is 25.9 Å². The lowest BCUT2D eigenvalue weighted by Crippen LogP contribution is -2.18. The van der Waals surface area contributed by atoms with E-state index in [1.54, 1.807) is 12.1 Å². The first-order valence-electron chi connectivity index (χ1n) is 6.42. The van der Waals surface area contributed by atoms with Gasteiger partial charge in [-0.15, -0.1) is 0 Å². The largest absolute Gasteiger partial charge is 0.306 e. The smallest absolute Gasteiger partial charge is 0.263 e. The maximum atomic E-state index is 12.6. The van der Waals surface area contributed by atoms with Crippen LogP contribution >= 0.6 is 15.9 Å². The highest BCUT2D eigenvalue weighted by Crippen LogP contribution is 2.21. The van der Waals surface area contributed by atoms with Gasteiger partial charge in [-0.3, -0.25) is 0 Å². The third kappa shape index (κ3) is 4.12. The molecule has 20 heavy (non-hydrogen) atoms. The quantitative estimate of drug-likeness (QED) is 0.785. The second-order valence-electron chi connectivity index (χ2n) is 4.70. The third-order valence-corrected chi connectivity index (χ3v) is 3.66. The van der Waals surface area contributed by atoms with E-state index in [1.807, 2.05) is 30.3 Å². The molecule has 2 aromatic carbocycles. The second kappa shape index (κ2) is 6.95. The van der Waals surface area contributed by atoms with Gasteiger partial charge in [-0.2, -0.15) is 0 Å². The van der Waals surface area contributed by atoms with Gasteiger partial charge in [-0.1, -0.05) is 46.3 Å². The summed E-state index contributed by atoms with van der Waals surface area (Å²) in [7, 11) is 0. The van der Waals surface area contributed by atoms with Crippen molar-refractivity contribution < 1.29 is 8.78 Å². The van der Waals surface area contributed by atoms with E-state index in [-0.39, 0.29) is 11.6 Å². The van der Waals surface area contributed by atoms with Crippen molar-refractivity contribution in [1.29, 1.82) is 0 Å². The van der Waals surface area contributed by atoms with Crippen LogP contribution in [0.2, 0.25) is 0 Å². The van der Waals surface area contributed by atoms with Crippen LogP contribution in [-0.4, -0.2) is 0 Å². The molecule has 0 aliphatic carbocycles. The fourth-order valence-corrected chi connectivity index (χ4v) is 2.42. The molecule has 0 aliphatic heterocycles. The standard InChI is InChI=1S/C16H16BrF2N/c1-11(13-5-3-7-15(17)9-13)20-10-12-4-2-6-14(8-12)16(18)19/h2-9,11,16,20H,10H2,1H3/t11-/m0/s1. The average molecular weight is 340 g/mol. The van der Waals surface area contributed by atoms with Crippen LogP contribution in [0, 0.1) is 0 Å². The highest BCUT2D eigenvalue weighted by Gasteiger charge is 2.08. The van der Waals surface area contributed by atoms with Gasteiger partial charge in [-0.05, 0) is 36.2 Å². The summed E-state index contributed by atoms with van der Waals surface area (Å²) < 4.78 is 26.3. The molecule has 0 bridgehead atoms. The molecule has 0 saturated carbocycles. The zero-order valence-electron chi connectivity index (χ0n) is 11.1. The van der Waals surface area contributed by atoms with Crippen LogP contribution in [0.3, 0.4) is 0 Å². The van der Waals surface area contributed by atoms with Crippen LogP contribution in [0.15, 0.2) is 53.0 Å². The summed E-state index contributed by atoms with van der Waals surface area (Å²) >= 11 is 3.44. The summed E-state index contributed by atoms with van der Waals surface area (Å²) in [4.78, 5) is 0. The van der Waals surface area contributed by atoms with Gasteiger partial charge in [-0.25, -0.2) is 8.78 Å². The van der Waals surface area contributed by atoms with E-state index in [9.17, 15) is 8.78 Å². The van der Waals surface area contributed by atoms with Crippen molar-refractivity contribution in [3.63, 3.8) is 0 Å². The molecular formula is C16H16BrF2N. The van der Waals surface area contributed by atoms with Gasteiger partial charge >= 0.3 is 0 Å². The first-order valence-corrected chi connectivity index (χ1v) is 7.21. The zero-order chi connectivity index (χ0) is 14.5. The predicted molar refractivity (Wildman–Crippen MR) is 80.8 cm³/mol. The van der Waals surface area contributed by atoms with Gasteiger partial charge in [0.15, 0.2) is 0 Å². The molecule has 1 atom stereocenters. The van der Waals surface area contributed by atoms with E-state index < -0.39 is 6.43 Å². The zero-order valence-corrected chi connectivity index (χ0v) is 12.7. The summed E-state index contributed by atoms with van der Waals surface area (Å²) in [6.07, 6.45) is -2.42. The number of alkyl halides is 2. The Labute approximate surface area is 126 Å². The molecule has 2 rings (SSSR count). The van der Waals surface area contributed by atoms with Gasteiger partial charge in [0.25, 0.3) is 6.43 Å². The van der Waals surface area contributed by atoms with Crippen molar-refractivity contribution in [2.75, 3.05) is 0 Å². The van der Waals surface area contributed by atoms with Crippen LogP contribution in [0.25, 0.3) is 0 Å². The van der Waals surface area contributed by atoms with E-state index in [0.717, 1.165) is 15.6 Å². The Hall–Kier alpha value is -1.26. The SMILES string of the molecule is C[C@H](NCc1cccc(C(F)F)c1)c1cccc(Br)c1. The van der Waals surface area contributed by atoms with E-state index in [0.29, 0.717) is 6.54 Å². The topological polar surface area (TPSA) is 12.0 Å². The van der Waals surface area contributed by atoms with Gasteiger partial charge < -0.3 is 5.32 Å². The van der Waals surface area contributed by atoms with Crippen molar-refractivity contribution in [3.05, 3.63) is 69.7 Å². The molecule has 1 nitrogen and oxygen atoms in total. The molecule has 0 aliphatic rings. The minimum atomic E-state index is -2.42. The fourth-order valence-electron chi connectivity index (χ4n) is 2.00. The van der Waals surface area contributed by atoms with Crippen LogP contribution in [0.5, 0.6) is 0 Å². The van der Waals surface area contributed by atoms with E-state index in [1.165, 1.54) is 6.07 Å². The minimum absolute atomic E-state index is 0.0689. The maximum Gasteiger partial charge on any atom is 0.263 e. The molecule has 2 aromatic rings. The number of nitrogens with one attached hydrogen (secondary N) is 1. The number of halogens is 3. The number of rotatable bonds is 5. The van der Waals surface area contributed by atoms with Crippen molar-refractivity contribution in [1.82, 2.24) is 5.32 Å². The molecule has 1 N–H and O–H groups in total. The molecule has 0 amide bonds. The van der Waals surface area contributed by atoms with E-state index >= 15 is 0 Å². The number of hydrogen-bond donors (Lipinski definition) is 1. The highest BCUT2D eigenvalue weighted by molar-refractivity contribution is 9.10. The van der Waals surface area contributed by atoms with Gasteiger partial charge in [0, 0.05) is 22.6 Å². The Morgan fingerprint density at radius 3 is 2.45 bits per heavy atom. The Bertz CT molecular complexity index is 572. The summed E-state index contributed by atoms with van der Waals surface area (Å²) in [6.45, 7) is 2.62. The Balaban J connectivity index is 1.99. The molecule has 0 fully saturated rings. The molecule has 4 heteroatoms. The fraction of sp³-hybridized carbons (Fsp3) is 0.250. The Morgan fingerprint density at radius 2 is 1.75 bits per heavy atom. The monoisotopic (exact) mass is 339 g/mol. The number of hydrogen-bond acceptors (Lipinski definition) is 1. The molecular weight excluding hydrogens is 324 g/mol. The molecule has 0 spiro atoms. The summed E-state index contributed by atoms with van der Waals surface area (Å²) in [5.41, 5.74) is 2.09. The van der Waals surface area contributed by atoms with Crippen LogP contribution < -0.4 is 5.32 Å². The summed E-state index contributed by atoms with van der Waals surface area (Å²) in [5, 5.41) is 3.34. The summed E-state index contributed by atoms with van der Waals surface area (Å²) in [6, 6.07) is 14.7. The first kappa shape index (κ1) is 15.1. The van der Waals surface area contributed by atoms with Crippen LogP contribution in [0.4, 0.5) is 8.78 Å². The summed E-state index contributed by atoms with van der Waals surface area (Å²) in [5.74, 6) is 0. The van der Waals surface area contributed by atoms with Crippen LogP contribution in [-0.2, 0) is 6.54 Å². The average Bonchev–Trinajstić information content (AvgIpc) is 2.45. The van der Waals surface area contributed by atoms with E-state index in [2.05, 4.69) is 28.2 Å². The van der Waals surface area contributed by atoms with Gasteiger partial charge in [0.1, 0.15) is 0 Å². The third-order valence-electron chi connectivity index (χ3n) is 3.16. The molecule has 0 saturated heterocycles. The lowest BCUT2D eigenvalue weighted by molar-refractivity contribution is 0.151. The lowest BCUT2D eigenvalue weighted by atomic mass is 10.1. The maximum absolute atomic E-state index is 12.6. The lowest BCUT2D eigenvalue weighted by Gasteiger charge is -2.15. The number of benzene rings is 2. The van der Waals surface area contributed by atoms with E-state index in [4.69, 9.17) is 0 Å². The molecule has 0 radical (unpaired) electrons. The normalized spacial score (nSPS) is 12.7. The van der Waals surface area contributed by atoms with Crippen molar-refractivity contribution in [3.8, 4) is 0 Å². The van der Waals surface area contributed by atoms with Crippen molar-refractivity contribution >= 4 is 15.9 Å². The molecule has 0 heterocycles. The molecule has 0 aromatic heterocycles. The van der Waals surface area contributed by atoms with Gasteiger partial charge in [0.05, 0.1) is 0 Å².